The fourth-order valence-electron chi connectivity index (χ4n) is 2.51. The molecular formula is C18H20N4OS. The summed E-state index contributed by atoms with van der Waals surface area (Å²) in [7, 11) is 0. The zero-order valence-electron chi connectivity index (χ0n) is 13.7. The lowest BCUT2D eigenvalue weighted by Crippen LogP contribution is -2.25. The summed E-state index contributed by atoms with van der Waals surface area (Å²) in [6.07, 6.45) is 5.06. The molecule has 2 heterocycles. The number of nitrogens with zero attached hydrogens (tertiary/aromatic N) is 2. The summed E-state index contributed by atoms with van der Waals surface area (Å²) in [6, 6.07) is 9.77. The van der Waals surface area contributed by atoms with Crippen molar-refractivity contribution in [3.8, 4) is 0 Å². The van der Waals surface area contributed by atoms with Gasteiger partial charge in [0.1, 0.15) is 0 Å². The number of pyridine rings is 1. The van der Waals surface area contributed by atoms with Crippen LogP contribution in [0.4, 0.5) is 5.69 Å². The number of nitrogens with one attached hydrogen (secondary N) is 2. The minimum atomic E-state index is -0.205. The number of para-hydroxylation sites is 1. The summed E-state index contributed by atoms with van der Waals surface area (Å²) >= 11 is 1.45. The van der Waals surface area contributed by atoms with Crippen molar-refractivity contribution in [1.29, 1.82) is 0 Å². The number of hydrogen-bond donors (Lipinski definition) is 2. The van der Waals surface area contributed by atoms with Crippen molar-refractivity contribution in [3.63, 3.8) is 0 Å². The van der Waals surface area contributed by atoms with Gasteiger partial charge < -0.3 is 10.3 Å². The van der Waals surface area contributed by atoms with Gasteiger partial charge in [-0.2, -0.15) is 0 Å². The Balaban J connectivity index is 1.74. The Hall–Kier alpha value is -2.34. The number of fused-ring (bicyclic) bond motifs is 1. The number of H-pyrrole nitrogens is 1. The standard InChI is InChI=1S/C18H20N4OS/c1-3-12-7-5-6-8-13(12)20-17(23)16(4-2)24-18-21-14-9-10-19-11-15(14)22-18/h5-11,16H,3-4H2,1-2H3,(H,20,23)(H,21,22)/t16-/m0/s1. The zero-order chi connectivity index (χ0) is 16.9. The molecule has 0 bridgehead atoms. The number of aromatic nitrogens is 3. The molecule has 1 amide bonds. The van der Waals surface area contributed by atoms with Gasteiger partial charge in [0.25, 0.3) is 0 Å². The van der Waals surface area contributed by atoms with Crippen LogP contribution < -0.4 is 5.32 Å². The first-order valence-corrected chi connectivity index (χ1v) is 8.94. The molecule has 1 aromatic carbocycles. The Kier molecular flexibility index (Phi) is 5.15. The molecule has 0 saturated carbocycles. The van der Waals surface area contributed by atoms with Crippen LogP contribution in [0.1, 0.15) is 25.8 Å². The second-order valence-electron chi connectivity index (χ2n) is 5.45. The third-order valence-electron chi connectivity index (χ3n) is 3.83. The van der Waals surface area contributed by atoms with E-state index in [9.17, 15) is 4.79 Å². The third kappa shape index (κ3) is 3.59. The smallest absolute Gasteiger partial charge is 0.237 e. The molecule has 124 valence electrons. The summed E-state index contributed by atoms with van der Waals surface area (Å²) in [5.74, 6) is 0.00183. The average Bonchev–Trinajstić information content (AvgIpc) is 3.02. The maximum Gasteiger partial charge on any atom is 0.237 e. The highest BCUT2D eigenvalue weighted by Gasteiger charge is 2.20. The van der Waals surface area contributed by atoms with Gasteiger partial charge >= 0.3 is 0 Å². The number of aryl methyl sites for hydroxylation is 1. The fourth-order valence-corrected chi connectivity index (χ4v) is 3.43. The van der Waals surface area contributed by atoms with Crippen LogP contribution in [0.2, 0.25) is 0 Å². The van der Waals surface area contributed by atoms with E-state index in [4.69, 9.17) is 0 Å². The van der Waals surface area contributed by atoms with Gasteiger partial charge in [-0.15, -0.1) is 0 Å². The molecule has 3 rings (SSSR count). The van der Waals surface area contributed by atoms with E-state index in [2.05, 4.69) is 27.2 Å². The van der Waals surface area contributed by atoms with Crippen LogP contribution in [0.25, 0.3) is 11.0 Å². The van der Waals surface area contributed by atoms with Gasteiger partial charge in [0, 0.05) is 11.9 Å². The van der Waals surface area contributed by atoms with E-state index < -0.39 is 0 Å². The van der Waals surface area contributed by atoms with Crippen molar-refractivity contribution in [1.82, 2.24) is 15.0 Å². The van der Waals surface area contributed by atoms with Crippen molar-refractivity contribution in [3.05, 3.63) is 48.3 Å². The van der Waals surface area contributed by atoms with Gasteiger partial charge in [-0.1, -0.05) is 43.8 Å². The van der Waals surface area contributed by atoms with Gasteiger partial charge in [-0.3, -0.25) is 9.78 Å². The number of carbonyl (C=O) groups excluding carboxylic acids is 1. The molecule has 0 aliphatic rings. The summed E-state index contributed by atoms with van der Waals surface area (Å²) in [6.45, 7) is 4.09. The van der Waals surface area contributed by atoms with Gasteiger partial charge in [-0.05, 0) is 30.5 Å². The van der Waals surface area contributed by atoms with Crippen molar-refractivity contribution in [2.45, 2.75) is 37.1 Å². The Morgan fingerprint density at radius 3 is 2.88 bits per heavy atom. The molecule has 0 fully saturated rings. The van der Waals surface area contributed by atoms with E-state index in [1.807, 2.05) is 37.3 Å². The molecular weight excluding hydrogens is 320 g/mol. The van der Waals surface area contributed by atoms with Crippen molar-refractivity contribution in [2.24, 2.45) is 0 Å². The number of imidazole rings is 1. The van der Waals surface area contributed by atoms with Gasteiger partial charge in [0.2, 0.25) is 5.91 Å². The van der Waals surface area contributed by atoms with E-state index in [1.165, 1.54) is 11.8 Å². The molecule has 0 saturated heterocycles. The molecule has 0 aliphatic heterocycles. The molecule has 6 heteroatoms. The topological polar surface area (TPSA) is 70.7 Å². The molecule has 24 heavy (non-hydrogen) atoms. The maximum absolute atomic E-state index is 12.6. The van der Waals surface area contributed by atoms with Crippen LogP contribution in [0.3, 0.4) is 0 Å². The molecule has 0 unspecified atom stereocenters. The van der Waals surface area contributed by atoms with Crippen molar-refractivity contribution >= 4 is 34.4 Å². The first kappa shape index (κ1) is 16.5. The summed E-state index contributed by atoms with van der Waals surface area (Å²) < 4.78 is 0. The number of carbonyl (C=O) groups is 1. The van der Waals surface area contributed by atoms with Crippen LogP contribution in [0, 0.1) is 0 Å². The molecule has 2 aromatic heterocycles. The predicted octanol–water partition coefficient (Wildman–Crippen LogP) is 4.03. The summed E-state index contributed by atoms with van der Waals surface area (Å²) in [5, 5.41) is 3.59. The van der Waals surface area contributed by atoms with E-state index in [-0.39, 0.29) is 11.2 Å². The summed E-state index contributed by atoms with van der Waals surface area (Å²) in [4.78, 5) is 24.4. The maximum atomic E-state index is 12.6. The lowest BCUT2D eigenvalue weighted by atomic mass is 10.1. The van der Waals surface area contributed by atoms with Crippen LogP contribution in [0.15, 0.2) is 47.9 Å². The zero-order valence-corrected chi connectivity index (χ0v) is 14.6. The lowest BCUT2D eigenvalue weighted by Gasteiger charge is -2.15. The Labute approximate surface area is 145 Å². The number of benzene rings is 1. The first-order chi connectivity index (χ1) is 11.7. The fraction of sp³-hybridized carbons (Fsp3) is 0.278. The van der Waals surface area contributed by atoms with Crippen LogP contribution in [-0.2, 0) is 11.2 Å². The number of hydrogen-bond acceptors (Lipinski definition) is 4. The van der Waals surface area contributed by atoms with E-state index in [0.717, 1.165) is 40.3 Å². The second kappa shape index (κ2) is 7.49. The largest absolute Gasteiger partial charge is 0.332 e. The normalized spacial score (nSPS) is 12.2. The molecule has 5 nitrogen and oxygen atoms in total. The van der Waals surface area contributed by atoms with Crippen molar-refractivity contribution in [2.75, 3.05) is 5.32 Å². The van der Waals surface area contributed by atoms with E-state index in [0.29, 0.717) is 0 Å². The summed E-state index contributed by atoms with van der Waals surface area (Å²) in [5.41, 5.74) is 3.77. The number of thioether (sulfide) groups is 1. The van der Waals surface area contributed by atoms with Gasteiger partial charge in [0.05, 0.1) is 22.5 Å². The lowest BCUT2D eigenvalue weighted by molar-refractivity contribution is -0.115. The Morgan fingerprint density at radius 1 is 1.29 bits per heavy atom. The molecule has 3 aromatic rings. The number of amides is 1. The van der Waals surface area contributed by atoms with Gasteiger partial charge in [0.15, 0.2) is 5.16 Å². The predicted molar refractivity (Wildman–Crippen MR) is 98.3 cm³/mol. The highest BCUT2D eigenvalue weighted by molar-refractivity contribution is 8.00. The number of anilines is 1. The number of rotatable bonds is 6. The van der Waals surface area contributed by atoms with Gasteiger partial charge in [-0.25, -0.2) is 4.98 Å². The molecule has 0 aliphatic carbocycles. The molecule has 0 radical (unpaired) electrons. The molecule has 0 spiro atoms. The molecule has 2 N–H and O–H groups in total. The van der Waals surface area contributed by atoms with E-state index in [1.54, 1.807) is 12.4 Å². The monoisotopic (exact) mass is 340 g/mol. The van der Waals surface area contributed by atoms with Crippen LogP contribution in [-0.4, -0.2) is 26.1 Å². The van der Waals surface area contributed by atoms with E-state index >= 15 is 0 Å². The number of aromatic amines is 1. The minimum Gasteiger partial charge on any atom is -0.332 e. The highest BCUT2D eigenvalue weighted by Crippen LogP contribution is 2.26. The van der Waals surface area contributed by atoms with Crippen molar-refractivity contribution < 1.29 is 4.79 Å². The third-order valence-corrected chi connectivity index (χ3v) is 5.08. The minimum absolute atomic E-state index is 0.00183. The Morgan fingerprint density at radius 2 is 2.12 bits per heavy atom. The highest BCUT2D eigenvalue weighted by atomic mass is 32.2. The quantitative estimate of drug-likeness (QED) is 0.665. The average molecular weight is 340 g/mol. The van der Waals surface area contributed by atoms with Crippen LogP contribution >= 0.6 is 11.8 Å². The van der Waals surface area contributed by atoms with Crippen LogP contribution in [0.5, 0.6) is 0 Å². The Bertz CT molecular complexity index is 813. The first-order valence-electron chi connectivity index (χ1n) is 8.06. The SMILES string of the molecule is CCc1ccccc1NC(=O)[C@H](CC)Sc1nc2ccncc2[nH]1. The second-order valence-corrected chi connectivity index (χ2v) is 6.64. The molecule has 1 atom stereocenters.